The van der Waals surface area contributed by atoms with Gasteiger partial charge in [-0.1, -0.05) is 37.6 Å². The first-order valence-electron chi connectivity index (χ1n) is 5.90. The molecule has 0 bridgehead atoms. The van der Waals surface area contributed by atoms with E-state index in [1.54, 1.807) is 0 Å². The molecule has 0 saturated carbocycles. The van der Waals surface area contributed by atoms with Gasteiger partial charge in [0.2, 0.25) is 11.8 Å². The first-order valence-corrected chi connectivity index (χ1v) is 6.28. The van der Waals surface area contributed by atoms with Gasteiger partial charge in [-0.25, -0.2) is 0 Å². The molecule has 2 aromatic rings. The molecule has 18 heavy (non-hydrogen) atoms. The third-order valence-corrected chi connectivity index (χ3v) is 3.01. The second-order valence-corrected chi connectivity index (χ2v) is 4.91. The molecule has 0 aliphatic carbocycles. The molecule has 5 heteroatoms. The van der Waals surface area contributed by atoms with Crippen molar-refractivity contribution < 1.29 is 4.42 Å². The number of nitrogens with zero attached hydrogens (tertiary/aromatic N) is 2. The quantitative estimate of drug-likeness (QED) is 0.923. The molecular weight excluding hydrogens is 250 g/mol. The lowest BCUT2D eigenvalue weighted by Gasteiger charge is -2.10. The highest BCUT2D eigenvalue weighted by atomic mass is 35.5. The Hall–Kier alpha value is -1.39. The molecule has 0 amide bonds. The Kier molecular flexibility index (Phi) is 3.99. The van der Waals surface area contributed by atoms with Crippen molar-refractivity contribution in [1.82, 2.24) is 10.2 Å². The van der Waals surface area contributed by atoms with Crippen molar-refractivity contribution in [3.8, 4) is 0 Å². The Morgan fingerprint density at radius 1 is 1.17 bits per heavy atom. The van der Waals surface area contributed by atoms with Gasteiger partial charge in [-0.3, -0.25) is 0 Å². The van der Waals surface area contributed by atoms with Crippen LogP contribution in [0.2, 0.25) is 5.02 Å². The summed E-state index contributed by atoms with van der Waals surface area (Å²) in [5.74, 6) is 1.33. The van der Waals surface area contributed by atoms with Gasteiger partial charge in [-0.2, -0.15) is 0 Å². The fourth-order valence-electron chi connectivity index (χ4n) is 1.70. The SMILES string of the molecule is CC(C)c1nnc(C(CN)c2ccc(Cl)cc2)o1. The molecule has 1 aromatic carbocycles. The Labute approximate surface area is 111 Å². The molecule has 0 spiro atoms. The highest BCUT2D eigenvalue weighted by molar-refractivity contribution is 6.30. The van der Waals surface area contributed by atoms with Gasteiger partial charge in [-0.15, -0.1) is 10.2 Å². The summed E-state index contributed by atoms with van der Waals surface area (Å²) in [6.07, 6.45) is 0. The van der Waals surface area contributed by atoms with Gasteiger partial charge in [0, 0.05) is 17.5 Å². The van der Waals surface area contributed by atoms with Crippen LogP contribution in [0.25, 0.3) is 0 Å². The van der Waals surface area contributed by atoms with Crippen LogP contribution in [-0.4, -0.2) is 16.7 Å². The zero-order chi connectivity index (χ0) is 13.1. The van der Waals surface area contributed by atoms with Crippen LogP contribution in [0.5, 0.6) is 0 Å². The average Bonchev–Trinajstić information content (AvgIpc) is 2.82. The molecule has 1 heterocycles. The standard InChI is InChI=1S/C13H16ClN3O/c1-8(2)12-16-17-13(18-12)11(7-15)9-3-5-10(14)6-4-9/h3-6,8,11H,7,15H2,1-2H3. The summed E-state index contributed by atoms with van der Waals surface area (Å²) < 4.78 is 5.65. The Balaban J connectivity index is 2.29. The monoisotopic (exact) mass is 265 g/mol. The van der Waals surface area contributed by atoms with E-state index in [1.807, 2.05) is 38.1 Å². The summed E-state index contributed by atoms with van der Waals surface area (Å²) in [7, 11) is 0. The van der Waals surface area contributed by atoms with Gasteiger partial charge in [0.15, 0.2) is 0 Å². The molecular formula is C13H16ClN3O. The predicted octanol–water partition coefficient (Wildman–Crippen LogP) is 2.94. The number of aromatic nitrogens is 2. The van der Waals surface area contributed by atoms with Crippen LogP contribution in [0.4, 0.5) is 0 Å². The molecule has 4 nitrogen and oxygen atoms in total. The predicted molar refractivity (Wildman–Crippen MR) is 70.7 cm³/mol. The largest absolute Gasteiger partial charge is 0.424 e. The van der Waals surface area contributed by atoms with Crippen molar-refractivity contribution in [1.29, 1.82) is 0 Å². The van der Waals surface area contributed by atoms with Crippen LogP contribution in [0.3, 0.4) is 0 Å². The second kappa shape index (κ2) is 5.50. The summed E-state index contributed by atoms with van der Waals surface area (Å²) in [6, 6.07) is 7.52. The van der Waals surface area contributed by atoms with E-state index in [9.17, 15) is 0 Å². The highest BCUT2D eigenvalue weighted by Gasteiger charge is 2.20. The minimum atomic E-state index is -0.0812. The molecule has 2 rings (SSSR count). The maximum atomic E-state index is 5.87. The van der Waals surface area contributed by atoms with Crippen LogP contribution in [0, 0.1) is 0 Å². The van der Waals surface area contributed by atoms with Crippen molar-refractivity contribution in [2.24, 2.45) is 5.73 Å². The number of hydrogen-bond donors (Lipinski definition) is 1. The van der Waals surface area contributed by atoms with Gasteiger partial charge >= 0.3 is 0 Å². The van der Waals surface area contributed by atoms with E-state index < -0.39 is 0 Å². The third-order valence-electron chi connectivity index (χ3n) is 2.76. The molecule has 0 aliphatic rings. The fraction of sp³-hybridized carbons (Fsp3) is 0.385. The number of halogens is 1. The van der Waals surface area contributed by atoms with E-state index in [2.05, 4.69) is 10.2 Å². The van der Waals surface area contributed by atoms with E-state index in [4.69, 9.17) is 21.8 Å². The van der Waals surface area contributed by atoms with Crippen LogP contribution in [-0.2, 0) is 0 Å². The minimum absolute atomic E-state index is 0.0812. The van der Waals surface area contributed by atoms with Crippen molar-refractivity contribution >= 4 is 11.6 Å². The van der Waals surface area contributed by atoms with Gasteiger partial charge in [0.05, 0.1) is 5.92 Å². The number of hydrogen-bond acceptors (Lipinski definition) is 4. The lowest BCUT2D eigenvalue weighted by molar-refractivity contribution is 0.418. The van der Waals surface area contributed by atoms with Gasteiger partial charge in [0.1, 0.15) is 0 Å². The topological polar surface area (TPSA) is 64.9 Å². The van der Waals surface area contributed by atoms with Crippen molar-refractivity contribution in [3.05, 3.63) is 46.6 Å². The summed E-state index contributed by atoms with van der Waals surface area (Å²) in [5.41, 5.74) is 6.83. The van der Waals surface area contributed by atoms with E-state index in [0.29, 0.717) is 23.3 Å². The van der Waals surface area contributed by atoms with Crippen molar-refractivity contribution in [2.75, 3.05) is 6.54 Å². The summed E-state index contributed by atoms with van der Waals surface area (Å²) in [5, 5.41) is 8.80. The van der Waals surface area contributed by atoms with Crippen LogP contribution < -0.4 is 5.73 Å². The average molecular weight is 266 g/mol. The van der Waals surface area contributed by atoms with Gasteiger partial charge in [-0.05, 0) is 17.7 Å². The number of benzene rings is 1. The molecule has 1 unspecified atom stereocenters. The molecule has 0 aliphatic heterocycles. The van der Waals surface area contributed by atoms with Crippen LogP contribution >= 0.6 is 11.6 Å². The van der Waals surface area contributed by atoms with Crippen LogP contribution in [0.15, 0.2) is 28.7 Å². The van der Waals surface area contributed by atoms with Crippen LogP contribution in [0.1, 0.15) is 43.0 Å². The van der Waals surface area contributed by atoms with Crippen molar-refractivity contribution in [2.45, 2.75) is 25.7 Å². The van der Waals surface area contributed by atoms with E-state index in [1.165, 1.54) is 0 Å². The number of nitrogens with two attached hydrogens (primary N) is 1. The maximum Gasteiger partial charge on any atom is 0.225 e. The highest BCUT2D eigenvalue weighted by Crippen LogP contribution is 2.25. The first-order chi connectivity index (χ1) is 8.61. The summed E-state index contributed by atoms with van der Waals surface area (Å²) in [6.45, 7) is 4.44. The Morgan fingerprint density at radius 2 is 1.78 bits per heavy atom. The molecule has 0 fully saturated rings. The van der Waals surface area contributed by atoms with Gasteiger partial charge < -0.3 is 10.2 Å². The zero-order valence-electron chi connectivity index (χ0n) is 10.4. The molecule has 2 N–H and O–H groups in total. The molecule has 96 valence electrons. The van der Waals surface area contributed by atoms with E-state index in [-0.39, 0.29) is 11.8 Å². The molecule has 0 saturated heterocycles. The van der Waals surface area contributed by atoms with Crippen molar-refractivity contribution in [3.63, 3.8) is 0 Å². The lowest BCUT2D eigenvalue weighted by atomic mass is 9.99. The zero-order valence-corrected chi connectivity index (χ0v) is 11.2. The Morgan fingerprint density at radius 3 is 2.28 bits per heavy atom. The molecule has 1 atom stereocenters. The number of rotatable bonds is 4. The summed E-state index contributed by atoms with van der Waals surface area (Å²) >= 11 is 5.87. The Bertz CT molecular complexity index is 507. The normalized spacial score (nSPS) is 12.9. The maximum absolute atomic E-state index is 5.87. The minimum Gasteiger partial charge on any atom is -0.424 e. The van der Waals surface area contributed by atoms with E-state index >= 15 is 0 Å². The third kappa shape index (κ3) is 2.71. The van der Waals surface area contributed by atoms with E-state index in [0.717, 1.165) is 5.56 Å². The second-order valence-electron chi connectivity index (χ2n) is 4.47. The van der Waals surface area contributed by atoms with Gasteiger partial charge in [0.25, 0.3) is 0 Å². The lowest BCUT2D eigenvalue weighted by Crippen LogP contribution is -2.14. The fourth-order valence-corrected chi connectivity index (χ4v) is 1.82. The smallest absolute Gasteiger partial charge is 0.225 e. The molecule has 1 aromatic heterocycles. The molecule has 0 radical (unpaired) electrons. The first kappa shape index (κ1) is 13.1. The summed E-state index contributed by atoms with van der Waals surface area (Å²) in [4.78, 5) is 0.